The number of carbonyl (C=O) groups is 1. The molecule has 1 heterocycles. The first-order valence-electron chi connectivity index (χ1n) is 8.59. The summed E-state index contributed by atoms with van der Waals surface area (Å²) < 4.78 is 33.0. The third-order valence-corrected chi connectivity index (χ3v) is 4.43. The molecule has 0 N–H and O–H groups in total. The van der Waals surface area contributed by atoms with Crippen LogP contribution in [0.1, 0.15) is 17.4 Å². The summed E-state index contributed by atoms with van der Waals surface area (Å²) in [5.41, 5.74) is 2.84. The normalized spacial score (nSPS) is 11.1. The first-order chi connectivity index (χ1) is 14.0. The second kappa shape index (κ2) is 11.6. The van der Waals surface area contributed by atoms with Gasteiger partial charge in [-0.25, -0.2) is 4.98 Å². The second-order valence-corrected chi connectivity index (χ2v) is 6.80. The van der Waals surface area contributed by atoms with Gasteiger partial charge in [0.1, 0.15) is 29.3 Å². The van der Waals surface area contributed by atoms with E-state index in [0.29, 0.717) is 23.6 Å². The van der Waals surface area contributed by atoms with E-state index < -0.39 is 28.9 Å². The number of aromatic nitrogens is 1. The van der Waals surface area contributed by atoms with E-state index in [1.165, 1.54) is 12.7 Å². The van der Waals surface area contributed by atoms with Gasteiger partial charge in [-0.3, -0.25) is 0 Å². The van der Waals surface area contributed by atoms with Gasteiger partial charge in [0, 0.05) is 12.1 Å². The van der Waals surface area contributed by atoms with E-state index in [-0.39, 0.29) is 29.6 Å². The zero-order valence-electron chi connectivity index (χ0n) is 16.2. The molecule has 2 aromatic carbocycles. The smallest absolute Gasteiger partial charge is 0.548 e. The van der Waals surface area contributed by atoms with E-state index in [2.05, 4.69) is 4.98 Å². The first-order valence-corrected chi connectivity index (χ1v) is 9.73. The minimum Gasteiger partial charge on any atom is -0.548 e. The fraction of sp³-hybridized carbons (Fsp3) is 0.150. The molecule has 3 rings (SSSR count). The Hall–Kier alpha value is -2.59. The average Bonchev–Trinajstić information content (AvgIpc) is 3.22. The van der Waals surface area contributed by atoms with Crippen LogP contribution in [0.4, 0.5) is 5.69 Å². The van der Waals surface area contributed by atoms with Crippen molar-refractivity contribution in [2.45, 2.75) is 12.5 Å². The molecule has 0 aliphatic rings. The quantitative estimate of drug-likeness (QED) is 0.286. The number of anilines is 1. The first kappa shape index (κ1) is 23.7. The van der Waals surface area contributed by atoms with Crippen LogP contribution in [0.5, 0.6) is 5.75 Å². The van der Waals surface area contributed by atoms with E-state index in [1.807, 2.05) is 30.3 Å². The molecule has 1 atom stereocenters. The van der Waals surface area contributed by atoms with Crippen LogP contribution in [0, 0.1) is 0 Å². The number of carboxylic acids is 1. The van der Waals surface area contributed by atoms with Gasteiger partial charge >= 0.3 is 29.6 Å². The van der Waals surface area contributed by atoms with Crippen LogP contribution in [0.3, 0.4) is 0 Å². The summed E-state index contributed by atoms with van der Waals surface area (Å²) in [4.78, 5) is 16.1. The molecule has 10 heteroatoms. The van der Waals surface area contributed by atoms with Crippen molar-refractivity contribution in [1.29, 1.82) is 0 Å². The molecule has 0 radical (unpaired) electrons. The zero-order chi connectivity index (χ0) is 20.6. The summed E-state index contributed by atoms with van der Waals surface area (Å²) in [5, 5.41) is 10.9. The fourth-order valence-corrected chi connectivity index (χ4v) is 3.13. The summed E-state index contributed by atoms with van der Waals surface area (Å²) in [6, 6.07) is 16.1. The van der Waals surface area contributed by atoms with Crippen molar-refractivity contribution in [3.8, 4) is 5.75 Å². The van der Waals surface area contributed by atoms with Crippen molar-refractivity contribution in [1.82, 2.24) is 4.98 Å². The van der Waals surface area contributed by atoms with Crippen molar-refractivity contribution in [3.05, 3.63) is 78.5 Å². The second-order valence-electron chi connectivity index (χ2n) is 6.07. The maximum absolute atomic E-state index is 10.9. The van der Waals surface area contributed by atoms with Gasteiger partial charge in [-0.2, -0.15) is 8.42 Å². The number of hydrogen-bond acceptors (Lipinski definition) is 7. The molecule has 0 saturated heterocycles. The van der Waals surface area contributed by atoms with Gasteiger partial charge in [-0.05, 0) is 29.8 Å². The molecule has 1 unspecified atom stereocenters. The van der Waals surface area contributed by atoms with Crippen LogP contribution < -0.4 is 44.3 Å². The van der Waals surface area contributed by atoms with E-state index >= 15 is 0 Å². The molecule has 1 aromatic heterocycles. The van der Waals surface area contributed by atoms with Crippen LogP contribution in [0.2, 0.25) is 0 Å². The monoisotopic (exact) mass is 436 g/mol. The minimum absolute atomic E-state index is 0. The minimum atomic E-state index is -2.56. The summed E-state index contributed by atoms with van der Waals surface area (Å²) in [6.45, 7) is -0.593. The van der Waals surface area contributed by atoms with Gasteiger partial charge in [0.25, 0.3) is 0 Å². The van der Waals surface area contributed by atoms with Crippen LogP contribution in [0.15, 0.2) is 71.7 Å². The Balaban J connectivity index is 0.00000320. The molecule has 3 aromatic rings. The van der Waals surface area contributed by atoms with Crippen molar-refractivity contribution in [2.24, 2.45) is 0 Å². The van der Waals surface area contributed by atoms with E-state index in [1.54, 1.807) is 24.3 Å². The van der Waals surface area contributed by atoms with Crippen LogP contribution in [-0.4, -0.2) is 31.4 Å². The fourth-order valence-electron chi connectivity index (χ4n) is 2.73. The molecule has 0 aliphatic carbocycles. The maximum atomic E-state index is 10.9. The Morgan fingerprint density at radius 1 is 1.17 bits per heavy atom. The zero-order valence-corrected chi connectivity index (χ0v) is 19.0. The van der Waals surface area contributed by atoms with Gasteiger partial charge in [0.2, 0.25) is 10.3 Å². The predicted molar refractivity (Wildman–Crippen MR) is 104 cm³/mol. The third kappa shape index (κ3) is 7.03. The number of oxazole rings is 1. The van der Waals surface area contributed by atoms with E-state index in [4.69, 9.17) is 9.15 Å². The topological polar surface area (TPSA) is 113 Å². The number of carbonyl (C=O) groups excluding carboxylic acids is 1. The molecule has 0 saturated carbocycles. The largest absolute Gasteiger partial charge is 1.00 e. The number of hydrogen-bond donors (Lipinski definition) is 0. The summed E-state index contributed by atoms with van der Waals surface area (Å²) in [5.74, 6) is -0.893. The Bertz CT molecular complexity index is 1060. The molecule has 0 bridgehead atoms. The molecule has 150 valence electrons. The standard InChI is InChI=1S/C20H18N2O6S.Na/c23-20(24)11-22(14-29(25)26)16-6-8-17(9-7-16)28-19(18-12-27-13-21-18)10-15-4-2-1-3-5-15;/h1-9,12-14,19H,10-11H2,(H,23,24);/q;+1/p-1. The van der Waals surface area contributed by atoms with E-state index in [0.717, 1.165) is 16.0 Å². The number of nitrogens with zero attached hydrogens (tertiary/aromatic N) is 2. The van der Waals surface area contributed by atoms with Crippen LogP contribution >= 0.6 is 0 Å². The van der Waals surface area contributed by atoms with Crippen LogP contribution in [-0.2, 0) is 21.5 Å². The van der Waals surface area contributed by atoms with E-state index in [9.17, 15) is 18.3 Å². The molecule has 0 amide bonds. The molecule has 0 spiro atoms. The third-order valence-electron chi connectivity index (χ3n) is 4.00. The number of aliphatic carboxylic acids is 1. The summed E-state index contributed by atoms with van der Waals surface area (Å²) in [7, 11) is -2.56. The van der Waals surface area contributed by atoms with Crippen molar-refractivity contribution < 1.29 is 57.0 Å². The van der Waals surface area contributed by atoms with Gasteiger partial charge in [0.15, 0.2) is 6.39 Å². The number of ether oxygens (including phenoxy) is 1. The molecular formula is C20H17N2NaO6S. The molecule has 0 aliphatic heterocycles. The average molecular weight is 436 g/mol. The summed E-state index contributed by atoms with van der Waals surface area (Å²) in [6.07, 6.45) is 3.01. The predicted octanol–water partition coefficient (Wildman–Crippen LogP) is -1.76. The van der Waals surface area contributed by atoms with Gasteiger partial charge in [0.05, 0.1) is 12.5 Å². The SMILES string of the molecule is O=C([O-])CN(C=S(=O)=O)c1ccc(OC(Cc2ccccc2)c2cocn2)cc1.[Na+]. The Morgan fingerprint density at radius 2 is 1.87 bits per heavy atom. The van der Waals surface area contributed by atoms with Gasteiger partial charge < -0.3 is 24.0 Å². The molecule has 30 heavy (non-hydrogen) atoms. The maximum Gasteiger partial charge on any atom is 1.00 e. The van der Waals surface area contributed by atoms with Crippen LogP contribution in [0.25, 0.3) is 0 Å². The Labute approximate surface area is 196 Å². The molecule has 8 nitrogen and oxygen atoms in total. The number of rotatable bonds is 9. The number of benzene rings is 2. The Morgan fingerprint density at radius 3 is 2.43 bits per heavy atom. The van der Waals surface area contributed by atoms with Gasteiger partial charge in [-0.1, -0.05) is 30.3 Å². The number of carboxylic acid groups (broad SMARTS) is 1. The van der Waals surface area contributed by atoms with Crippen molar-refractivity contribution in [3.63, 3.8) is 0 Å². The molecule has 0 fully saturated rings. The summed E-state index contributed by atoms with van der Waals surface area (Å²) >= 11 is 0. The van der Waals surface area contributed by atoms with Crippen molar-refractivity contribution in [2.75, 3.05) is 11.4 Å². The molecular weight excluding hydrogens is 419 g/mol. The van der Waals surface area contributed by atoms with Gasteiger partial charge in [-0.15, -0.1) is 0 Å². The Kier molecular flexibility index (Phi) is 9.13. The van der Waals surface area contributed by atoms with Crippen molar-refractivity contribution >= 4 is 27.4 Å².